The summed E-state index contributed by atoms with van der Waals surface area (Å²) in [4.78, 5) is 19.0. The van der Waals surface area contributed by atoms with E-state index in [1.165, 1.54) is 5.56 Å². The zero-order valence-corrected chi connectivity index (χ0v) is 13.8. The van der Waals surface area contributed by atoms with E-state index in [1.54, 1.807) is 17.2 Å². The SMILES string of the molecule is O=C(C1CCN(CCn2nccn2)CC1)N1CCc2ccccc21. The molecule has 2 aliphatic rings. The second-order valence-corrected chi connectivity index (χ2v) is 6.61. The lowest BCUT2D eigenvalue weighted by Gasteiger charge is -2.33. The molecule has 0 saturated carbocycles. The van der Waals surface area contributed by atoms with Gasteiger partial charge in [0.1, 0.15) is 0 Å². The van der Waals surface area contributed by atoms with Crippen LogP contribution in [-0.2, 0) is 17.8 Å². The molecule has 2 aromatic rings. The number of aromatic nitrogens is 3. The smallest absolute Gasteiger partial charge is 0.230 e. The van der Waals surface area contributed by atoms with Crippen LogP contribution in [-0.4, -0.2) is 52.0 Å². The molecule has 0 unspecified atom stereocenters. The van der Waals surface area contributed by atoms with E-state index in [2.05, 4.69) is 33.3 Å². The summed E-state index contributed by atoms with van der Waals surface area (Å²) in [5, 5.41) is 8.27. The Kier molecular flexibility index (Phi) is 4.30. The highest BCUT2D eigenvalue weighted by Gasteiger charge is 2.32. The molecule has 0 bridgehead atoms. The van der Waals surface area contributed by atoms with Crippen LogP contribution in [0.4, 0.5) is 5.69 Å². The van der Waals surface area contributed by atoms with E-state index in [0.717, 1.165) is 57.7 Å². The van der Waals surface area contributed by atoms with E-state index >= 15 is 0 Å². The van der Waals surface area contributed by atoms with Gasteiger partial charge in [-0.3, -0.25) is 4.79 Å². The van der Waals surface area contributed by atoms with Gasteiger partial charge in [-0.15, -0.1) is 0 Å². The molecule has 0 atom stereocenters. The van der Waals surface area contributed by atoms with Gasteiger partial charge in [0.25, 0.3) is 0 Å². The Morgan fingerprint density at radius 2 is 1.79 bits per heavy atom. The maximum absolute atomic E-state index is 12.9. The third kappa shape index (κ3) is 3.06. The first-order valence-electron chi connectivity index (χ1n) is 8.77. The van der Waals surface area contributed by atoms with Crippen molar-refractivity contribution in [3.05, 3.63) is 42.2 Å². The number of fused-ring (bicyclic) bond motifs is 1. The highest BCUT2D eigenvalue weighted by atomic mass is 16.2. The van der Waals surface area contributed by atoms with Gasteiger partial charge in [-0.25, -0.2) is 0 Å². The first-order valence-corrected chi connectivity index (χ1v) is 8.77. The molecule has 0 aliphatic carbocycles. The Hall–Kier alpha value is -2.21. The number of carbonyl (C=O) groups excluding carboxylic acids is 1. The molecule has 24 heavy (non-hydrogen) atoms. The molecule has 4 rings (SSSR count). The molecule has 0 radical (unpaired) electrons. The van der Waals surface area contributed by atoms with E-state index in [9.17, 15) is 4.79 Å². The lowest BCUT2D eigenvalue weighted by atomic mass is 9.95. The van der Waals surface area contributed by atoms with Crippen LogP contribution in [0.2, 0.25) is 0 Å². The number of anilines is 1. The summed E-state index contributed by atoms with van der Waals surface area (Å²) in [5.74, 6) is 0.476. The number of likely N-dealkylation sites (tertiary alicyclic amines) is 1. The van der Waals surface area contributed by atoms with Gasteiger partial charge in [0.15, 0.2) is 0 Å². The molecule has 126 valence electrons. The molecule has 1 fully saturated rings. The maximum Gasteiger partial charge on any atom is 0.230 e. The Morgan fingerprint density at radius 1 is 1.04 bits per heavy atom. The number of hydrogen-bond acceptors (Lipinski definition) is 4. The number of para-hydroxylation sites is 1. The maximum atomic E-state index is 12.9. The first-order chi connectivity index (χ1) is 11.8. The molecule has 1 amide bonds. The van der Waals surface area contributed by atoms with Gasteiger partial charge < -0.3 is 9.80 Å². The zero-order chi connectivity index (χ0) is 16.4. The Balaban J connectivity index is 1.30. The van der Waals surface area contributed by atoms with E-state index in [4.69, 9.17) is 0 Å². The monoisotopic (exact) mass is 325 g/mol. The van der Waals surface area contributed by atoms with Crippen molar-refractivity contribution < 1.29 is 4.79 Å². The van der Waals surface area contributed by atoms with Crippen molar-refractivity contribution in [3.8, 4) is 0 Å². The third-order valence-corrected chi connectivity index (χ3v) is 5.17. The van der Waals surface area contributed by atoms with Crippen LogP contribution in [0.3, 0.4) is 0 Å². The van der Waals surface area contributed by atoms with Gasteiger partial charge in [-0.1, -0.05) is 18.2 Å². The van der Waals surface area contributed by atoms with Gasteiger partial charge in [0.05, 0.1) is 18.9 Å². The van der Waals surface area contributed by atoms with Crippen LogP contribution in [0, 0.1) is 5.92 Å². The van der Waals surface area contributed by atoms with E-state index in [1.807, 2.05) is 11.0 Å². The summed E-state index contributed by atoms with van der Waals surface area (Å²) in [6.45, 7) is 4.55. The largest absolute Gasteiger partial charge is 0.312 e. The summed E-state index contributed by atoms with van der Waals surface area (Å²) in [7, 11) is 0. The van der Waals surface area contributed by atoms with Crippen LogP contribution in [0.5, 0.6) is 0 Å². The fourth-order valence-corrected chi connectivity index (χ4v) is 3.78. The van der Waals surface area contributed by atoms with Crippen molar-refractivity contribution in [2.45, 2.75) is 25.8 Å². The molecule has 1 aromatic heterocycles. The molecule has 6 heteroatoms. The van der Waals surface area contributed by atoms with Crippen LogP contribution < -0.4 is 4.90 Å². The second-order valence-electron chi connectivity index (χ2n) is 6.61. The zero-order valence-electron chi connectivity index (χ0n) is 13.8. The van der Waals surface area contributed by atoms with E-state index < -0.39 is 0 Å². The molecular weight excluding hydrogens is 302 g/mol. The number of piperidine rings is 1. The summed E-state index contributed by atoms with van der Waals surface area (Å²) >= 11 is 0. The van der Waals surface area contributed by atoms with Crippen molar-refractivity contribution >= 4 is 11.6 Å². The minimum Gasteiger partial charge on any atom is -0.312 e. The lowest BCUT2D eigenvalue weighted by Crippen LogP contribution is -2.43. The van der Waals surface area contributed by atoms with Gasteiger partial charge in [0.2, 0.25) is 5.91 Å². The summed E-state index contributed by atoms with van der Waals surface area (Å²) in [6.07, 6.45) is 6.29. The number of carbonyl (C=O) groups is 1. The summed E-state index contributed by atoms with van der Waals surface area (Å²) < 4.78 is 0. The molecule has 0 spiro atoms. The Bertz CT molecular complexity index is 691. The van der Waals surface area contributed by atoms with Crippen LogP contribution in [0.1, 0.15) is 18.4 Å². The number of rotatable bonds is 4. The molecular formula is C18H23N5O. The molecule has 1 saturated heterocycles. The number of nitrogens with zero attached hydrogens (tertiary/aromatic N) is 5. The van der Waals surface area contributed by atoms with Gasteiger partial charge in [-0.05, 0) is 44.0 Å². The molecule has 2 aliphatic heterocycles. The first kappa shape index (κ1) is 15.3. The average Bonchev–Trinajstić information content (AvgIpc) is 3.29. The average molecular weight is 325 g/mol. The van der Waals surface area contributed by atoms with Crippen LogP contribution >= 0.6 is 0 Å². The predicted molar refractivity (Wildman–Crippen MR) is 91.7 cm³/mol. The van der Waals surface area contributed by atoms with Crippen molar-refractivity contribution in [1.29, 1.82) is 0 Å². The highest BCUT2D eigenvalue weighted by Crippen LogP contribution is 2.30. The normalized spacial score (nSPS) is 18.8. The second kappa shape index (κ2) is 6.73. The summed E-state index contributed by atoms with van der Waals surface area (Å²) in [6, 6.07) is 8.29. The van der Waals surface area contributed by atoms with E-state index in [0.29, 0.717) is 5.91 Å². The topological polar surface area (TPSA) is 54.3 Å². The number of hydrogen-bond donors (Lipinski definition) is 0. The van der Waals surface area contributed by atoms with Crippen molar-refractivity contribution in [2.75, 3.05) is 31.1 Å². The van der Waals surface area contributed by atoms with Gasteiger partial charge >= 0.3 is 0 Å². The standard InChI is InChI=1S/C18H23N5O/c24-18(22-12-7-15-3-1-2-4-17(15)22)16-5-10-21(11-6-16)13-14-23-19-8-9-20-23/h1-4,8-9,16H,5-7,10-14H2. The number of amides is 1. The van der Waals surface area contributed by atoms with Gasteiger partial charge in [-0.2, -0.15) is 15.0 Å². The van der Waals surface area contributed by atoms with Crippen molar-refractivity contribution in [2.24, 2.45) is 5.92 Å². The van der Waals surface area contributed by atoms with Crippen molar-refractivity contribution in [1.82, 2.24) is 19.9 Å². The minimum absolute atomic E-state index is 0.162. The van der Waals surface area contributed by atoms with Crippen molar-refractivity contribution in [3.63, 3.8) is 0 Å². The molecule has 0 N–H and O–H groups in total. The highest BCUT2D eigenvalue weighted by molar-refractivity contribution is 5.97. The quantitative estimate of drug-likeness (QED) is 0.856. The fourth-order valence-electron chi connectivity index (χ4n) is 3.78. The number of benzene rings is 1. The summed E-state index contributed by atoms with van der Waals surface area (Å²) in [5.41, 5.74) is 2.42. The van der Waals surface area contributed by atoms with Crippen LogP contribution in [0.25, 0.3) is 0 Å². The van der Waals surface area contributed by atoms with Gasteiger partial charge in [0, 0.05) is 24.7 Å². The Labute approximate surface area is 142 Å². The molecule has 3 heterocycles. The molecule has 6 nitrogen and oxygen atoms in total. The molecule has 1 aromatic carbocycles. The van der Waals surface area contributed by atoms with Crippen LogP contribution in [0.15, 0.2) is 36.7 Å². The lowest BCUT2D eigenvalue weighted by molar-refractivity contribution is -0.123. The predicted octanol–water partition coefficient (Wildman–Crippen LogP) is 1.58. The van der Waals surface area contributed by atoms with E-state index in [-0.39, 0.29) is 5.92 Å². The minimum atomic E-state index is 0.162. The Morgan fingerprint density at radius 3 is 2.58 bits per heavy atom. The third-order valence-electron chi connectivity index (χ3n) is 5.17. The fraction of sp³-hybridized carbons (Fsp3) is 0.500.